The van der Waals surface area contributed by atoms with Gasteiger partial charge < -0.3 is 4.74 Å². The smallest absolute Gasteiger partial charge is 0.381 e. The highest BCUT2D eigenvalue weighted by atomic mass is 127. The average molecular weight is 401 g/mol. The Morgan fingerprint density at radius 3 is 2.75 bits per heavy atom. The molecule has 0 saturated heterocycles. The molecule has 0 bridgehead atoms. The number of alkyl halides is 3. The van der Waals surface area contributed by atoms with E-state index in [1.807, 2.05) is 5.43 Å². The van der Waals surface area contributed by atoms with Crippen molar-refractivity contribution < 1.29 is 22.7 Å². The Morgan fingerprint density at radius 2 is 2.25 bits per heavy atom. The minimum Gasteiger partial charge on any atom is -0.381 e. The van der Waals surface area contributed by atoms with Gasteiger partial charge in [0.25, 0.3) is 5.91 Å². The first-order valence-electron chi connectivity index (χ1n) is 5.25. The summed E-state index contributed by atoms with van der Waals surface area (Å²) in [6.45, 7) is 0.190. The van der Waals surface area contributed by atoms with Crippen molar-refractivity contribution in [2.45, 2.75) is 6.18 Å². The number of rotatable bonds is 4. The summed E-state index contributed by atoms with van der Waals surface area (Å²) in [6.07, 6.45) is -1.12. The third-order valence-corrected chi connectivity index (χ3v) is 3.41. The highest BCUT2D eigenvalue weighted by Crippen LogP contribution is 2.34. The van der Waals surface area contributed by atoms with Crippen molar-refractivity contribution in [3.8, 4) is 0 Å². The van der Waals surface area contributed by atoms with Gasteiger partial charge in [-0.2, -0.15) is 13.2 Å². The first-order chi connectivity index (χ1) is 9.32. The monoisotopic (exact) mass is 401 g/mol. The summed E-state index contributed by atoms with van der Waals surface area (Å²) in [5, 5.41) is 0. The fourth-order valence-electron chi connectivity index (χ4n) is 1.37. The molecule has 0 aliphatic carbocycles. The predicted molar refractivity (Wildman–Crippen MR) is 74.5 cm³/mol. The van der Waals surface area contributed by atoms with E-state index in [9.17, 15) is 18.0 Å². The molecule has 1 amide bonds. The molecule has 9 heteroatoms. The van der Waals surface area contributed by atoms with Crippen molar-refractivity contribution in [1.82, 2.24) is 10.4 Å². The molecule has 0 unspecified atom stereocenters. The number of nitrogens with zero attached hydrogens (tertiary/aromatic N) is 1. The number of carbonyl (C=O) groups excluding carboxylic acids is 1. The van der Waals surface area contributed by atoms with Gasteiger partial charge in [0, 0.05) is 22.4 Å². The zero-order valence-corrected chi connectivity index (χ0v) is 12.4. The topological polar surface area (TPSA) is 77.2 Å². The number of methoxy groups -OCH3 is 1. The van der Waals surface area contributed by atoms with Gasteiger partial charge in [-0.05, 0) is 22.6 Å². The molecule has 0 spiro atoms. The van der Waals surface area contributed by atoms with Gasteiger partial charge >= 0.3 is 6.18 Å². The molecule has 1 rings (SSSR count). The van der Waals surface area contributed by atoms with Crippen LogP contribution in [0.1, 0.15) is 21.6 Å². The number of nitrogen functional groups attached to an aromatic ring is 1. The van der Waals surface area contributed by atoms with Crippen molar-refractivity contribution in [3.05, 3.63) is 32.7 Å². The van der Waals surface area contributed by atoms with Crippen LogP contribution in [0.15, 0.2) is 12.3 Å². The van der Waals surface area contributed by atoms with Gasteiger partial charge in [-0.25, -0.2) is 10.8 Å². The molecular weight excluding hydrogens is 390 g/mol. The second-order valence-corrected chi connectivity index (χ2v) is 4.66. The predicted octanol–water partition coefficient (Wildman–Crippen LogP) is 1.97. The lowest BCUT2D eigenvalue weighted by molar-refractivity contribution is -0.138. The number of aromatic nitrogens is 1. The second-order valence-electron chi connectivity index (χ2n) is 3.58. The van der Waals surface area contributed by atoms with Crippen molar-refractivity contribution in [2.24, 2.45) is 5.84 Å². The van der Waals surface area contributed by atoms with E-state index in [1.54, 1.807) is 0 Å². The maximum absolute atomic E-state index is 12.8. The number of halogens is 4. The molecule has 0 aliphatic rings. The number of pyridine rings is 1. The normalized spacial score (nSPS) is 11.9. The van der Waals surface area contributed by atoms with Gasteiger partial charge in [0.05, 0.1) is 12.2 Å². The molecule has 110 valence electrons. The number of nitrogens with one attached hydrogen (secondary N) is 1. The zero-order valence-electron chi connectivity index (χ0n) is 10.3. The Hall–Kier alpha value is -1.20. The fraction of sp³-hybridized carbons (Fsp3) is 0.273. The minimum absolute atomic E-state index is 0.0421. The molecule has 0 aliphatic heterocycles. The van der Waals surface area contributed by atoms with Crippen molar-refractivity contribution >= 4 is 34.6 Å². The van der Waals surface area contributed by atoms with E-state index in [0.29, 0.717) is 6.20 Å². The van der Waals surface area contributed by atoms with Crippen LogP contribution in [0.25, 0.3) is 6.08 Å². The number of amides is 1. The van der Waals surface area contributed by atoms with Crippen LogP contribution in [-0.2, 0) is 10.9 Å². The van der Waals surface area contributed by atoms with Crippen molar-refractivity contribution in [1.29, 1.82) is 0 Å². The molecule has 5 nitrogen and oxygen atoms in total. The third-order valence-electron chi connectivity index (χ3n) is 2.25. The van der Waals surface area contributed by atoms with Gasteiger partial charge in [0.15, 0.2) is 0 Å². The van der Waals surface area contributed by atoms with Gasteiger partial charge in [0.1, 0.15) is 5.69 Å². The highest BCUT2D eigenvalue weighted by molar-refractivity contribution is 14.1. The minimum atomic E-state index is -4.55. The number of ether oxygens (including phenoxy) is 1. The molecule has 20 heavy (non-hydrogen) atoms. The maximum atomic E-state index is 12.8. The van der Waals surface area contributed by atoms with Crippen LogP contribution in [0.3, 0.4) is 0 Å². The van der Waals surface area contributed by atoms with Crippen LogP contribution in [0.4, 0.5) is 13.2 Å². The molecular formula is C11H11F3IN3O2. The Balaban J connectivity index is 3.42. The summed E-state index contributed by atoms with van der Waals surface area (Å²) in [5.74, 6) is 4.22. The lowest BCUT2D eigenvalue weighted by Gasteiger charge is -2.13. The van der Waals surface area contributed by atoms with Crippen molar-refractivity contribution in [2.75, 3.05) is 13.7 Å². The molecule has 0 atom stereocenters. The quantitative estimate of drug-likeness (QED) is 0.350. The van der Waals surface area contributed by atoms with Crippen LogP contribution < -0.4 is 11.3 Å². The first-order valence-corrected chi connectivity index (χ1v) is 6.33. The average Bonchev–Trinajstić information content (AvgIpc) is 2.38. The van der Waals surface area contributed by atoms with E-state index in [0.717, 1.165) is 0 Å². The fourth-order valence-corrected chi connectivity index (χ4v) is 2.25. The van der Waals surface area contributed by atoms with Gasteiger partial charge in [-0.15, -0.1) is 0 Å². The van der Waals surface area contributed by atoms with Gasteiger partial charge in [-0.1, -0.05) is 12.2 Å². The molecule has 0 radical (unpaired) electrons. The Bertz CT molecular complexity index is 532. The number of nitrogens with two attached hydrogens (primary N) is 1. The van der Waals surface area contributed by atoms with Crippen LogP contribution >= 0.6 is 22.6 Å². The summed E-state index contributed by atoms with van der Waals surface area (Å²) in [6, 6.07) is 0. The number of hydrogen-bond acceptors (Lipinski definition) is 4. The Morgan fingerprint density at radius 1 is 1.60 bits per heavy atom. The molecule has 0 fully saturated rings. The molecule has 1 aromatic rings. The van der Waals surface area contributed by atoms with E-state index in [4.69, 9.17) is 10.6 Å². The van der Waals surface area contributed by atoms with Crippen LogP contribution in [-0.4, -0.2) is 24.6 Å². The van der Waals surface area contributed by atoms with Crippen LogP contribution in [0, 0.1) is 3.57 Å². The van der Waals surface area contributed by atoms with E-state index in [2.05, 4.69) is 4.98 Å². The van der Waals surface area contributed by atoms with E-state index >= 15 is 0 Å². The number of hydrogen-bond donors (Lipinski definition) is 2. The van der Waals surface area contributed by atoms with Crippen LogP contribution in [0.2, 0.25) is 0 Å². The molecule has 0 saturated carbocycles. The maximum Gasteiger partial charge on any atom is 0.418 e. The summed E-state index contributed by atoms with van der Waals surface area (Å²) in [5.41, 5.74) is 0.792. The lowest BCUT2D eigenvalue weighted by atomic mass is 10.1. The standard InChI is InChI=1S/C11H11F3IN3O2/c1-20-4-2-3-6-8(15)7(11(12,13)14)5-17-9(6)10(19)18-16/h2-3,5H,4,16H2,1H3,(H,18,19). The molecule has 1 aromatic heterocycles. The SMILES string of the molecule is COCC=Cc1c(C(=O)NN)ncc(C(F)(F)F)c1I. The summed E-state index contributed by atoms with van der Waals surface area (Å²) >= 11 is 1.52. The van der Waals surface area contributed by atoms with E-state index in [-0.39, 0.29) is 21.4 Å². The summed E-state index contributed by atoms with van der Waals surface area (Å²) in [7, 11) is 1.44. The van der Waals surface area contributed by atoms with Crippen molar-refractivity contribution in [3.63, 3.8) is 0 Å². The number of hydrazine groups is 1. The zero-order chi connectivity index (χ0) is 15.3. The van der Waals surface area contributed by atoms with E-state index in [1.165, 1.54) is 41.9 Å². The summed E-state index contributed by atoms with van der Waals surface area (Å²) in [4.78, 5) is 15.1. The Labute approximate surface area is 126 Å². The van der Waals surface area contributed by atoms with Crippen LogP contribution in [0.5, 0.6) is 0 Å². The third kappa shape index (κ3) is 3.90. The van der Waals surface area contributed by atoms with Gasteiger partial charge in [-0.3, -0.25) is 10.2 Å². The van der Waals surface area contributed by atoms with Gasteiger partial charge in [0.2, 0.25) is 0 Å². The highest BCUT2D eigenvalue weighted by Gasteiger charge is 2.35. The molecule has 3 N–H and O–H groups in total. The first kappa shape index (κ1) is 16.9. The second kappa shape index (κ2) is 6.99. The Kier molecular flexibility index (Phi) is 5.89. The molecule has 1 heterocycles. The largest absolute Gasteiger partial charge is 0.418 e. The molecule has 0 aromatic carbocycles. The van der Waals surface area contributed by atoms with E-state index < -0.39 is 17.6 Å². The lowest BCUT2D eigenvalue weighted by Crippen LogP contribution is -2.32. The summed E-state index contributed by atoms with van der Waals surface area (Å²) < 4.78 is 43.1. The number of carbonyl (C=O) groups is 1.